The van der Waals surface area contributed by atoms with E-state index in [0.717, 1.165) is 71.5 Å². The molecule has 1 aliphatic heterocycles. The minimum atomic E-state index is -0.572. The summed E-state index contributed by atoms with van der Waals surface area (Å²) in [6.07, 6.45) is 5.09. The van der Waals surface area contributed by atoms with Gasteiger partial charge < -0.3 is 10.0 Å². The van der Waals surface area contributed by atoms with Crippen LogP contribution in [-0.4, -0.2) is 85.7 Å². The third-order valence-corrected chi connectivity index (χ3v) is 5.12. The smallest absolute Gasteiger partial charge is 0.310 e. The molecule has 1 heterocycles. The second-order valence-corrected chi connectivity index (χ2v) is 7.07. The quantitative estimate of drug-likeness (QED) is 0.798. The van der Waals surface area contributed by atoms with Crippen LogP contribution in [0.1, 0.15) is 32.1 Å². The molecule has 21 heavy (non-hydrogen) atoms. The minimum Gasteiger partial charge on any atom is -0.481 e. The van der Waals surface area contributed by atoms with E-state index >= 15 is 0 Å². The Bertz CT molecular complexity index is 332. The number of piperazine rings is 1. The Kier molecular flexibility index (Phi) is 6.02. The van der Waals surface area contributed by atoms with Crippen molar-refractivity contribution in [3.63, 3.8) is 0 Å². The van der Waals surface area contributed by atoms with Gasteiger partial charge in [0, 0.05) is 45.8 Å². The zero-order chi connectivity index (χ0) is 15.3. The van der Waals surface area contributed by atoms with E-state index in [2.05, 4.69) is 28.8 Å². The summed E-state index contributed by atoms with van der Waals surface area (Å²) in [5.41, 5.74) is -0.468. The van der Waals surface area contributed by atoms with Gasteiger partial charge in [0.15, 0.2) is 0 Å². The van der Waals surface area contributed by atoms with Crippen molar-refractivity contribution in [2.75, 3.05) is 59.9 Å². The van der Waals surface area contributed by atoms with Gasteiger partial charge in [0.1, 0.15) is 0 Å². The van der Waals surface area contributed by atoms with Gasteiger partial charge in [0.25, 0.3) is 0 Å². The van der Waals surface area contributed by atoms with E-state index in [1.807, 2.05) is 0 Å². The summed E-state index contributed by atoms with van der Waals surface area (Å²) in [6.45, 7) is 7.14. The molecule has 0 spiro atoms. The van der Waals surface area contributed by atoms with Gasteiger partial charge in [-0.25, -0.2) is 0 Å². The van der Waals surface area contributed by atoms with E-state index in [1.54, 1.807) is 0 Å². The standard InChI is InChI=1S/C16H31N3O2/c1-17(2)8-9-18-10-12-19(13-11-18)14-16(15(20)21)6-4-3-5-7-16/h3-14H2,1-2H3,(H,20,21). The number of rotatable bonds is 6. The van der Waals surface area contributed by atoms with Crippen LogP contribution in [0, 0.1) is 5.41 Å². The fourth-order valence-electron chi connectivity index (χ4n) is 3.61. The first-order valence-corrected chi connectivity index (χ1v) is 8.35. The predicted molar refractivity (Wildman–Crippen MR) is 84.6 cm³/mol. The summed E-state index contributed by atoms with van der Waals surface area (Å²) in [6, 6.07) is 0. The molecule has 2 rings (SSSR count). The highest BCUT2D eigenvalue weighted by Crippen LogP contribution is 2.37. The molecule has 122 valence electrons. The number of aliphatic carboxylic acids is 1. The Labute approximate surface area is 128 Å². The van der Waals surface area contributed by atoms with Crippen LogP contribution in [0.3, 0.4) is 0 Å². The maximum Gasteiger partial charge on any atom is 0.310 e. The SMILES string of the molecule is CN(C)CCN1CCN(CC2(C(=O)O)CCCCC2)CC1. The zero-order valence-corrected chi connectivity index (χ0v) is 13.7. The van der Waals surface area contributed by atoms with Crippen molar-refractivity contribution in [3.05, 3.63) is 0 Å². The van der Waals surface area contributed by atoms with Crippen LogP contribution in [-0.2, 0) is 4.79 Å². The Morgan fingerprint density at radius 2 is 1.62 bits per heavy atom. The van der Waals surface area contributed by atoms with Crippen molar-refractivity contribution in [1.29, 1.82) is 0 Å². The number of likely N-dealkylation sites (N-methyl/N-ethyl adjacent to an activating group) is 1. The molecule has 1 saturated carbocycles. The van der Waals surface area contributed by atoms with E-state index in [1.165, 1.54) is 6.42 Å². The molecular weight excluding hydrogens is 266 g/mol. The number of carboxylic acids is 1. The molecule has 2 fully saturated rings. The maximum absolute atomic E-state index is 11.7. The predicted octanol–water partition coefficient (Wildman–Crippen LogP) is 1.20. The second kappa shape index (κ2) is 7.56. The van der Waals surface area contributed by atoms with Crippen molar-refractivity contribution in [3.8, 4) is 0 Å². The molecule has 1 N–H and O–H groups in total. The topological polar surface area (TPSA) is 47.0 Å². The van der Waals surface area contributed by atoms with E-state index in [-0.39, 0.29) is 0 Å². The molecule has 2 aliphatic rings. The monoisotopic (exact) mass is 297 g/mol. The van der Waals surface area contributed by atoms with Crippen LogP contribution < -0.4 is 0 Å². The first-order valence-electron chi connectivity index (χ1n) is 8.35. The van der Waals surface area contributed by atoms with Crippen molar-refractivity contribution in [2.24, 2.45) is 5.41 Å². The van der Waals surface area contributed by atoms with Crippen molar-refractivity contribution in [2.45, 2.75) is 32.1 Å². The maximum atomic E-state index is 11.7. The molecule has 1 aliphatic carbocycles. The van der Waals surface area contributed by atoms with Crippen LogP contribution in [0.4, 0.5) is 0 Å². The average molecular weight is 297 g/mol. The summed E-state index contributed by atoms with van der Waals surface area (Å²) in [4.78, 5) is 18.8. The third-order valence-electron chi connectivity index (χ3n) is 5.12. The van der Waals surface area contributed by atoms with Crippen LogP contribution in [0.5, 0.6) is 0 Å². The molecule has 0 atom stereocenters. The van der Waals surface area contributed by atoms with Crippen molar-refractivity contribution in [1.82, 2.24) is 14.7 Å². The number of hydrogen-bond acceptors (Lipinski definition) is 4. The van der Waals surface area contributed by atoms with Gasteiger partial charge in [-0.1, -0.05) is 19.3 Å². The van der Waals surface area contributed by atoms with E-state index in [9.17, 15) is 9.90 Å². The molecule has 0 amide bonds. The molecule has 5 heteroatoms. The minimum absolute atomic E-state index is 0.468. The van der Waals surface area contributed by atoms with Gasteiger partial charge in [-0.2, -0.15) is 0 Å². The number of carboxylic acid groups (broad SMARTS) is 1. The lowest BCUT2D eigenvalue weighted by molar-refractivity contribution is -0.152. The first-order chi connectivity index (χ1) is 10.0. The van der Waals surface area contributed by atoms with Gasteiger partial charge in [-0.05, 0) is 26.9 Å². The van der Waals surface area contributed by atoms with Gasteiger partial charge in [-0.15, -0.1) is 0 Å². The fourth-order valence-corrected chi connectivity index (χ4v) is 3.61. The normalized spacial score (nSPS) is 24.3. The molecule has 0 unspecified atom stereocenters. The largest absolute Gasteiger partial charge is 0.481 e. The highest BCUT2D eigenvalue weighted by Gasteiger charge is 2.41. The van der Waals surface area contributed by atoms with Crippen molar-refractivity contribution >= 4 is 5.97 Å². The Balaban J connectivity index is 1.80. The molecule has 0 aromatic carbocycles. The van der Waals surface area contributed by atoms with Gasteiger partial charge in [-0.3, -0.25) is 14.6 Å². The van der Waals surface area contributed by atoms with Crippen LogP contribution >= 0.6 is 0 Å². The Hall–Kier alpha value is -0.650. The number of carbonyl (C=O) groups is 1. The molecule has 1 saturated heterocycles. The van der Waals surface area contributed by atoms with Gasteiger partial charge in [0.05, 0.1) is 5.41 Å². The molecule has 0 aromatic rings. The van der Waals surface area contributed by atoms with Crippen molar-refractivity contribution < 1.29 is 9.90 Å². The number of hydrogen-bond donors (Lipinski definition) is 1. The van der Waals surface area contributed by atoms with Gasteiger partial charge >= 0.3 is 5.97 Å². The molecular formula is C16H31N3O2. The third kappa shape index (κ3) is 4.66. The van der Waals surface area contributed by atoms with Crippen LogP contribution in [0.15, 0.2) is 0 Å². The van der Waals surface area contributed by atoms with E-state index in [4.69, 9.17) is 0 Å². The van der Waals surface area contributed by atoms with Crippen LogP contribution in [0.25, 0.3) is 0 Å². The first kappa shape index (κ1) is 16.7. The lowest BCUT2D eigenvalue weighted by Crippen LogP contribution is -2.52. The highest BCUT2D eigenvalue weighted by atomic mass is 16.4. The molecule has 0 aromatic heterocycles. The average Bonchev–Trinajstić information content (AvgIpc) is 2.47. The lowest BCUT2D eigenvalue weighted by Gasteiger charge is -2.41. The Morgan fingerprint density at radius 3 is 2.14 bits per heavy atom. The second-order valence-electron chi connectivity index (χ2n) is 7.07. The fraction of sp³-hybridized carbons (Fsp3) is 0.938. The van der Waals surface area contributed by atoms with Crippen LogP contribution in [0.2, 0.25) is 0 Å². The molecule has 0 bridgehead atoms. The van der Waals surface area contributed by atoms with Gasteiger partial charge in [0.2, 0.25) is 0 Å². The molecule has 5 nitrogen and oxygen atoms in total. The van der Waals surface area contributed by atoms with E-state index < -0.39 is 11.4 Å². The van der Waals surface area contributed by atoms with E-state index in [0.29, 0.717) is 0 Å². The zero-order valence-electron chi connectivity index (χ0n) is 13.7. The highest BCUT2D eigenvalue weighted by molar-refractivity contribution is 5.75. The summed E-state index contributed by atoms with van der Waals surface area (Å²) >= 11 is 0. The summed E-state index contributed by atoms with van der Waals surface area (Å²) in [5.74, 6) is -0.572. The summed E-state index contributed by atoms with van der Waals surface area (Å²) < 4.78 is 0. The lowest BCUT2D eigenvalue weighted by atomic mass is 9.73. The summed E-state index contributed by atoms with van der Waals surface area (Å²) in [5, 5.41) is 9.67. The Morgan fingerprint density at radius 1 is 1.05 bits per heavy atom. The summed E-state index contributed by atoms with van der Waals surface area (Å²) in [7, 11) is 4.21. The molecule has 0 radical (unpaired) electrons. The number of nitrogens with zero attached hydrogens (tertiary/aromatic N) is 3.